The van der Waals surface area contributed by atoms with E-state index in [1.54, 1.807) is 18.4 Å². The van der Waals surface area contributed by atoms with Crippen LogP contribution >= 0.6 is 27.3 Å². The maximum absolute atomic E-state index is 11.6. The van der Waals surface area contributed by atoms with Gasteiger partial charge in [-0.2, -0.15) is 0 Å². The van der Waals surface area contributed by atoms with E-state index in [2.05, 4.69) is 26.9 Å². The molecule has 2 unspecified atom stereocenters. The molecule has 0 aliphatic carbocycles. The van der Waals surface area contributed by atoms with Gasteiger partial charge in [-0.1, -0.05) is 12.1 Å². The van der Waals surface area contributed by atoms with E-state index in [0.717, 1.165) is 32.9 Å². The average molecular weight is 396 g/mol. The number of thiophene rings is 1. The van der Waals surface area contributed by atoms with E-state index < -0.39 is 12.0 Å². The SMILES string of the molecule is COc1cccc(C(c2ccc(Br)s2)N2CCCC2C(=O)O)c1. The fourth-order valence-electron chi connectivity index (χ4n) is 3.17. The Morgan fingerprint density at radius 1 is 1.43 bits per heavy atom. The molecule has 23 heavy (non-hydrogen) atoms. The second kappa shape index (κ2) is 7.03. The molecule has 1 saturated heterocycles. The predicted octanol–water partition coefficient (Wildman–Crippen LogP) is 4.16. The van der Waals surface area contributed by atoms with Crippen molar-refractivity contribution in [1.29, 1.82) is 0 Å². The van der Waals surface area contributed by atoms with Crippen molar-refractivity contribution in [3.8, 4) is 5.75 Å². The number of aliphatic carboxylic acids is 1. The van der Waals surface area contributed by atoms with Gasteiger partial charge in [0.2, 0.25) is 0 Å². The summed E-state index contributed by atoms with van der Waals surface area (Å²) in [7, 11) is 1.64. The minimum atomic E-state index is -0.744. The Kier molecular flexibility index (Phi) is 5.04. The van der Waals surface area contributed by atoms with Crippen LogP contribution in [0.5, 0.6) is 5.75 Å². The highest BCUT2D eigenvalue weighted by atomic mass is 79.9. The van der Waals surface area contributed by atoms with E-state index in [-0.39, 0.29) is 6.04 Å². The van der Waals surface area contributed by atoms with Gasteiger partial charge in [-0.15, -0.1) is 11.3 Å². The molecule has 2 heterocycles. The van der Waals surface area contributed by atoms with Crippen LogP contribution in [0.3, 0.4) is 0 Å². The number of halogens is 1. The molecule has 1 aromatic carbocycles. The lowest BCUT2D eigenvalue weighted by molar-refractivity contribution is -0.142. The molecule has 3 rings (SSSR count). The third-order valence-corrected chi connectivity index (χ3v) is 5.86. The van der Waals surface area contributed by atoms with Gasteiger partial charge >= 0.3 is 5.97 Å². The molecule has 1 aliphatic rings. The number of hydrogen-bond acceptors (Lipinski definition) is 4. The van der Waals surface area contributed by atoms with Crippen LogP contribution in [0.4, 0.5) is 0 Å². The molecular formula is C17H18BrNO3S. The number of carboxylic acid groups (broad SMARTS) is 1. The van der Waals surface area contributed by atoms with Gasteiger partial charge in [0.25, 0.3) is 0 Å². The Hall–Kier alpha value is -1.37. The van der Waals surface area contributed by atoms with Gasteiger partial charge in [0.15, 0.2) is 0 Å². The number of carboxylic acids is 1. The van der Waals surface area contributed by atoms with Crippen molar-refractivity contribution in [2.24, 2.45) is 0 Å². The molecule has 0 amide bonds. The predicted molar refractivity (Wildman–Crippen MR) is 94.2 cm³/mol. The Morgan fingerprint density at radius 3 is 2.91 bits per heavy atom. The van der Waals surface area contributed by atoms with Crippen LogP contribution in [0.1, 0.15) is 29.3 Å². The molecule has 122 valence electrons. The van der Waals surface area contributed by atoms with Gasteiger partial charge in [0.05, 0.1) is 16.9 Å². The summed E-state index contributed by atoms with van der Waals surface area (Å²) in [6.07, 6.45) is 1.60. The monoisotopic (exact) mass is 395 g/mol. The van der Waals surface area contributed by atoms with Crippen LogP contribution in [-0.4, -0.2) is 35.7 Å². The molecule has 0 bridgehead atoms. The van der Waals surface area contributed by atoms with E-state index in [0.29, 0.717) is 6.42 Å². The Morgan fingerprint density at radius 2 is 2.26 bits per heavy atom. The van der Waals surface area contributed by atoms with Gasteiger partial charge in [-0.05, 0) is 58.6 Å². The maximum atomic E-state index is 11.6. The van der Waals surface area contributed by atoms with Crippen molar-refractivity contribution < 1.29 is 14.6 Å². The van der Waals surface area contributed by atoms with E-state index in [4.69, 9.17) is 4.74 Å². The van der Waals surface area contributed by atoms with Crippen LogP contribution in [0.2, 0.25) is 0 Å². The Bertz CT molecular complexity index is 703. The molecule has 0 radical (unpaired) electrons. The fourth-order valence-corrected chi connectivity index (χ4v) is 4.74. The minimum absolute atomic E-state index is 0.0648. The fraction of sp³-hybridized carbons (Fsp3) is 0.353. The van der Waals surface area contributed by atoms with Gasteiger partial charge < -0.3 is 9.84 Å². The van der Waals surface area contributed by atoms with Crippen molar-refractivity contribution in [2.45, 2.75) is 24.9 Å². The zero-order chi connectivity index (χ0) is 16.4. The first-order valence-electron chi connectivity index (χ1n) is 7.48. The third-order valence-electron chi connectivity index (χ3n) is 4.18. The van der Waals surface area contributed by atoms with Crippen LogP contribution < -0.4 is 4.74 Å². The van der Waals surface area contributed by atoms with Crippen LogP contribution in [0.15, 0.2) is 40.2 Å². The van der Waals surface area contributed by atoms with Crippen molar-refractivity contribution in [1.82, 2.24) is 4.90 Å². The number of likely N-dealkylation sites (tertiary alicyclic amines) is 1. The summed E-state index contributed by atoms with van der Waals surface area (Å²) in [4.78, 5) is 14.9. The van der Waals surface area contributed by atoms with Crippen LogP contribution in [0, 0.1) is 0 Å². The normalized spacial score (nSPS) is 19.7. The summed E-state index contributed by atoms with van der Waals surface area (Å²) in [5, 5.41) is 9.56. The molecule has 1 aromatic heterocycles. The number of carbonyl (C=O) groups is 1. The molecule has 4 nitrogen and oxygen atoms in total. The zero-order valence-electron chi connectivity index (χ0n) is 12.7. The molecule has 6 heteroatoms. The van der Waals surface area contributed by atoms with Gasteiger partial charge in [0.1, 0.15) is 11.8 Å². The largest absolute Gasteiger partial charge is 0.497 e. The first-order chi connectivity index (χ1) is 11.1. The second-order valence-electron chi connectivity index (χ2n) is 5.56. The van der Waals surface area contributed by atoms with Gasteiger partial charge in [-0.25, -0.2) is 0 Å². The first-order valence-corrected chi connectivity index (χ1v) is 9.09. The summed E-state index contributed by atoms with van der Waals surface area (Å²) in [5.41, 5.74) is 1.06. The molecule has 2 aromatic rings. The molecule has 0 spiro atoms. The van der Waals surface area contributed by atoms with E-state index in [1.165, 1.54) is 0 Å². The summed E-state index contributed by atoms with van der Waals surface area (Å²) >= 11 is 5.16. The summed E-state index contributed by atoms with van der Waals surface area (Å²) in [6, 6.07) is 11.5. The maximum Gasteiger partial charge on any atom is 0.320 e. The molecule has 0 saturated carbocycles. The lowest BCUT2D eigenvalue weighted by atomic mass is 10.0. The lowest BCUT2D eigenvalue weighted by Crippen LogP contribution is -2.39. The number of methoxy groups -OCH3 is 1. The molecule has 1 N–H and O–H groups in total. The van der Waals surface area contributed by atoms with Gasteiger partial charge in [-0.3, -0.25) is 9.69 Å². The molecular weight excluding hydrogens is 378 g/mol. The van der Waals surface area contributed by atoms with E-state index in [9.17, 15) is 9.90 Å². The number of hydrogen-bond donors (Lipinski definition) is 1. The van der Waals surface area contributed by atoms with Crippen molar-refractivity contribution in [2.75, 3.05) is 13.7 Å². The average Bonchev–Trinajstić information content (AvgIpc) is 3.18. The molecule has 1 fully saturated rings. The number of benzene rings is 1. The van der Waals surface area contributed by atoms with Crippen molar-refractivity contribution >= 4 is 33.2 Å². The topological polar surface area (TPSA) is 49.8 Å². The summed E-state index contributed by atoms with van der Waals surface area (Å²) in [6.45, 7) is 0.786. The Balaban J connectivity index is 2.05. The highest BCUT2D eigenvalue weighted by Gasteiger charge is 2.37. The van der Waals surface area contributed by atoms with E-state index >= 15 is 0 Å². The van der Waals surface area contributed by atoms with Crippen molar-refractivity contribution in [3.05, 3.63) is 50.6 Å². The minimum Gasteiger partial charge on any atom is -0.497 e. The number of nitrogens with zero attached hydrogens (tertiary/aromatic N) is 1. The second-order valence-corrected chi connectivity index (χ2v) is 8.05. The van der Waals surface area contributed by atoms with Crippen LogP contribution in [-0.2, 0) is 4.79 Å². The lowest BCUT2D eigenvalue weighted by Gasteiger charge is -2.31. The zero-order valence-corrected chi connectivity index (χ0v) is 15.1. The standard InChI is InChI=1S/C17H18BrNO3S/c1-22-12-5-2-4-11(10-12)16(14-7-8-15(18)23-14)19-9-3-6-13(19)17(20)21/h2,4-5,7-8,10,13,16H,3,6,9H2,1H3,(H,20,21). The van der Waals surface area contributed by atoms with Crippen LogP contribution in [0.25, 0.3) is 0 Å². The highest BCUT2D eigenvalue weighted by Crippen LogP contribution is 2.39. The Labute approximate surface area is 147 Å². The van der Waals surface area contributed by atoms with Crippen molar-refractivity contribution in [3.63, 3.8) is 0 Å². The molecule has 2 atom stereocenters. The number of rotatable bonds is 5. The highest BCUT2D eigenvalue weighted by molar-refractivity contribution is 9.11. The summed E-state index contributed by atoms with van der Waals surface area (Å²) in [5.74, 6) is 0.0419. The van der Waals surface area contributed by atoms with E-state index in [1.807, 2.05) is 30.3 Å². The first kappa shape index (κ1) is 16.5. The third kappa shape index (κ3) is 3.44. The molecule has 1 aliphatic heterocycles. The van der Waals surface area contributed by atoms with Gasteiger partial charge in [0, 0.05) is 11.4 Å². The smallest absolute Gasteiger partial charge is 0.320 e. The quantitative estimate of drug-likeness (QED) is 0.825. The summed E-state index contributed by atoms with van der Waals surface area (Å²) < 4.78 is 6.39. The number of ether oxygens (including phenoxy) is 1.